The summed E-state index contributed by atoms with van der Waals surface area (Å²) in [5.74, 6) is 0.235. The maximum Gasteiger partial charge on any atom is 0.205 e. The van der Waals surface area contributed by atoms with Crippen LogP contribution in [0.5, 0.6) is 0 Å². The van der Waals surface area contributed by atoms with Gasteiger partial charge in [0.25, 0.3) is 0 Å². The Morgan fingerprint density at radius 2 is 1.60 bits per heavy atom. The molecule has 1 aromatic heterocycles. The summed E-state index contributed by atoms with van der Waals surface area (Å²) in [7, 11) is 0. The first-order valence-electron chi connectivity index (χ1n) is 6.42. The van der Waals surface area contributed by atoms with Crippen LogP contribution in [-0.4, -0.2) is 10.9 Å². The topological polar surface area (TPSA) is 43.1 Å². The van der Waals surface area contributed by atoms with E-state index in [1.54, 1.807) is 6.07 Å². The number of carbonyl (C=O) groups is 1. The third-order valence-electron chi connectivity index (χ3n) is 3.06. The van der Waals surface area contributed by atoms with Gasteiger partial charge in [-0.1, -0.05) is 65.8 Å². The molecule has 0 aliphatic heterocycles. The molecule has 0 saturated carbocycles. The summed E-state index contributed by atoms with van der Waals surface area (Å²) in [6, 6.07) is 21.0. The van der Waals surface area contributed by atoms with Gasteiger partial charge in [0.05, 0.1) is 0 Å². The predicted octanol–water partition coefficient (Wildman–Crippen LogP) is 3.77. The molecule has 3 rings (SSSR count). The van der Waals surface area contributed by atoms with E-state index in [1.165, 1.54) is 0 Å². The summed E-state index contributed by atoms with van der Waals surface area (Å²) in [4.78, 5) is 12.1. The molecular weight excluding hydrogens is 250 g/mol. The molecule has 98 valence electrons. The molecule has 0 N–H and O–H groups in total. The van der Waals surface area contributed by atoms with E-state index in [0.717, 1.165) is 11.1 Å². The highest BCUT2D eigenvalue weighted by Gasteiger charge is 2.14. The second-order valence-electron chi connectivity index (χ2n) is 4.53. The highest BCUT2D eigenvalue weighted by molar-refractivity contribution is 5.95. The molecule has 0 amide bonds. The van der Waals surface area contributed by atoms with Crippen LogP contribution in [0.2, 0.25) is 0 Å². The molecule has 0 fully saturated rings. The average molecular weight is 263 g/mol. The molecule has 3 heteroatoms. The monoisotopic (exact) mass is 263 g/mol. The normalized spacial score (nSPS) is 10.4. The van der Waals surface area contributed by atoms with Gasteiger partial charge in [-0.15, -0.1) is 0 Å². The van der Waals surface area contributed by atoms with Crippen molar-refractivity contribution in [1.82, 2.24) is 5.16 Å². The lowest BCUT2D eigenvalue weighted by molar-refractivity contribution is 0.0957. The predicted molar refractivity (Wildman–Crippen MR) is 76.4 cm³/mol. The minimum atomic E-state index is -0.0640. The van der Waals surface area contributed by atoms with Crippen LogP contribution in [0, 0.1) is 0 Å². The fourth-order valence-corrected chi connectivity index (χ4v) is 2.02. The van der Waals surface area contributed by atoms with Gasteiger partial charge in [-0.25, -0.2) is 0 Å². The van der Waals surface area contributed by atoms with Crippen LogP contribution >= 0.6 is 0 Å². The van der Waals surface area contributed by atoms with Gasteiger partial charge in [0.15, 0.2) is 0 Å². The van der Waals surface area contributed by atoms with Crippen molar-refractivity contribution in [1.29, 1.82) is 0 Å². The van der Waals surface area contributed by atoms with Crippen LogP contribution in [0.1, 0.15) is 16.1 Å². The van der Waals surface area contributed by atoms with Crippen LogP contribution in [0.3, 0.4) is 0 Å². The number of nitrogens with zero attached hydrogens (tertiary/aromatic N) is 1. The molecule has 0 aliphatic rings. The van der Waals surface area contributed by atoms with Crippen molar-refractivity contribution in [3.05, 3.63) is 78.1 Å². The van der Waals surface area contributed by atoms with Crippen molar-refractivity contribution in [2.45, 2.75) is 6.42 Å². The second-order valence-corrected chi connectivity index (χ2v) is 4.53. The Morgan fingerprint density at radius 1 is 0.950 bits per heavy atom. The molecule has 0 atom stereocenters. The standard InChI is InChI=1S/C17H13NO2/c19-16(11-13-7-3-1-4-8-13)17-12-15(18-20-17)14-9-5-2-6-10-14/h1-10,12H,11H2. The first kappa shape index (κ1) is 12.4. The number of carbonyl (C=O) groups excluding carboxylic acids is 1. The van der Waals surface area contributed by atoms with Crippen LogP contribution in [0.15, 0.2) is 71.3 Å². The first-order valence-corrected chi connectivity index (χ1v) is 6.42. The smallest absolute Gasteiger partial charge is 0.205 e. The Labute approximate surface area is 116 Å². The Kier molecular flexibility index (Phi) is 3.42. The van der Waals surface area contributed by atoms with Crippen LogP contribution in [0.4, 0.5) is 0 Å². The number of ketones is 1. The molecule has 0 aliphatic carbocycles. The van der Waals surface area contributed by atoms with E-state index < -0.39 is 0 Å². The van der Waals surface area contributed by atoms with Crippen molar-refractivity contribution in [3.8, 4) is 11.3 Å². The maximum absolute atomic E-state index is 12.1. The van der Waals surface area contributed by atoms with Crippen molar-refractivity contribution >= 4 is 5.78 Å². The van der Waals surface area contributed by atoms with Gasteiger partial charge < -0.3 is 4.52 Å². The van der Waals surface area contributed by atoms with Gasteiger partial charge >= 0.3 is 0 Å². The maximum atomic E-state index is 12.1. The molecule has 0 saturated heterocycles. The quantitative estimate of drug-likeness (QED) is 0.673. The van der Waals surface area contributed by atoms with E-state index in [9.17, 15) is 4.79 Å². The van der Waals surface area contributed by atoms with Gasteiger partial charge in [-0.05, 0) is 5.56 Å². The van der Waals surface area contributed by atoms with Crippen molar-refractivity contribution in [2.75, 3.05) is 0 Å². The largest absolute Gasteiger partial charge is 0.352 e. The molecule has 0 bridgehead atoms. The van der Waals surface area contributed by atoms with Crippen LogP contribution < -0.4 is 0 Å². The zero-order chi connectivity index (χ0) is 13.8. The summed E-state index contributed by atoms with van der Waals surface area (Å²) >= 11 is 0. The fourth-order valence-electron chi connectivity index (χ4n) is 2.02. The minimum absolute atomic E-state index is 0.0640. The Morgan fingerprint density at radius 3 is 2.30 bits per heavy atom. The van der Waals surface area contributed by atoms with E-state index in [2.05, 4.69) is 5.16 Å². The summed E-state index contributed by atoms with van der Waals surface area (Å²) in [6.45, 7) is 0. The lowest BCUT2D eigenvalue weighted by Gasteiger charge is -1.96. The highest BCUT2D eigenvalue weighted by Crippen LogP contribution is 2.19. The number of hydrogen-bond acceptors (Lipinski definition) is 3. The average Bonchev–Trinajstić information content (AvgIpc) is 2.99. The fraction of sp³-hybridized carbons (Fsp3) is 0.0588. The number of Topliss-reactive ketones (excluding diaryl/α,β-unsaturated/α-hetero) is 1. The Balaban J connectivity index is 1.79. The summed E-state index contributed by atoms with van der Waals surface area (Å²) in [5, 5.41) is 3.95. The zero-order valence-electron chi connectivity index (χ0n) is 10.8. The third kappa shape index (κ3) is 2.67. The first-order chi connectivity index (χ1) is 9.83. The zero-order valence-corrected chi connectivity index (χ0v) is 10.8. The van der Waals surface area contributed by atoms with E-state index in [0.29, 0.717) is 17.9 Å². The van der Waals surface area contributed by atoms with Gasteiger partial charge in [0.2, 0.25) is 11.5 Å². The minimum Gasteiger partial charge on any atom is -0.352 e. The molecule has 0 spiro atoms. The molecule has 20 heavy (non-hydrogen) atoms. The van der Waals surface area contributed by atoms with E-state index in [4.69, 9.17) is 4.52 Å². The molecule has 3 nitrogen and oxygen atoms in total. The molecule has 0 radical (unpaired) electrons. The van der Waals surface area contributed by atoms with E-state index in [-0.39, 0.29) is 5.78 Å². The van der Waals surface area contributed by atoms with Crippen molar-refractivity contribution < 1.29 is 9.32 Å². The second kappa shape index (κ2) is 5.53. The van der Waals surface area contributed by atoms with Crippen molar-refractivity contribution in [3.63, 3.8) is 0 Å². The molecule has 3 aromatic rings. The Hall–Kier alpha value is -2.68. The van der Waals surface area contributed by atoms with Crippen molar-refractivity contribution in [2.24, 2.45) is 0 Å². The van der Waals surface area contributed by atoms with E-state index >= 15 is 0 Å². The van der Waals surface area contributed by atoms with E-state index in [1.807, 2.05) is 60.7 Å². The Bertz CT molecular complexity index is 702. The van der Waals surface area contributed by atoms with Gasteiger partial charge in [-0.2, -0.15) is 0 Å². The molecule has 2 aromatic carbocycles. The summed E-state index contributed by atoms with van der Waals surface area (Å²) < 4.78 is 5.15. The number of benzene rings is 2. The van der Waals surface area contributed by atoms with Gasteiger partial charge in [0, 0.05) is 18.1 Å². The number of aromatic nitrogens is 1. The van der Waals surface area contributed by atoms with Gasteiger partial charge in [0.1, 0.15) is 5.69 Å². The lowest BCUT2D eigenvalue weighted by Crippen LogP contribution is -2.01. The molecule has 0 unspecified atom stereocenters. The summed E-state index contributed by atoms with van der Waals surface area (Å²) in [6.07, 6.45) is 0.324. The number of rotatable bonds is 4. The molecular formula is C17H13NO2. The SMILES string of the molecule is O=C(Cc1ccccc1)c1cc(-c2ccccc2)no1. The summed E-state index contributed by atoms with van der Waals surface area (Å²) in [5.41, 5.74) is 2.59. The highest BCUT2D eigenvalue weighted by atomic mass is 16.5. The third-order valence-corrected chi connectivity index (χ3v) is 3.06. The lowest BCUT2D eigenvalue weighted by atomic mass is 10.1. The van der Waals surface area contributed by atoms with Crippen LogP contribution in [0.25, 0.3) is 11.3 Å². The van der Waals surface area contributed by atoms with Crippen LogP contribution in [-0.2, 0) is 6.42 Å². The number of hydrogen-bond donors (Lipinski definition) is 0. The molecule has 1 heterocycles. The van der Waals surface area contributed by atoms with Gasteiger partial charge in [-0.3, -0.25) is 4.79 Å².